The van der Waals surface area contributed by atoms with Crippen LogP contribution in [0.3, 0.4) is 0 Å². The predicted octanol–water partition coefficient (Wildman–Crippen LogP) is 2.15. The van der Waals surface area contributed by atoms with Crippen LogP contribution in [0.5, 0.6) is 0 Å². The highest BCUT2D eigenvalue weighted by Crippen LogP contribution is 2.35. The minimum atomic E-state index is -1.11. The Kier molecular flexibility index (Phi) is 7.28. The van der Waals surface area contributed by atoms with E-state index in [0.717, 1.165) is 11.3 Å². The number of anilines is 1. The molecule has 11 heteroatoms. The molecule has 0 spiro atoms. The van der Waals surface area contributed by atoms with Crippen molar-refractivity contribution in [3.63, 3.8) is 0 Å². The highest BCUT2D eigenvalue weighted by atomic mass is 32.3. The largest absolute Gasteiger partial charge is 0.616 e. The van der Waals surface area contributed by atoms with Gasteiger partial charge in [0.15, 0.2) is 5.08 Å². The average molecular weight is 444 g/mol. The van der Waals surface area contributed by atoms with Crippen LogP contribution in [0.15, 0.2) is 29.7 Å². The highest BCUT2D eigenvalue weighted by molar-refractivity contribution is 8.12. The molecular weight excluding hydrogens is 422 g/mol. The zero-order valence-electron chi connectivity index (χ0n) is 16.8. The van der Waals surface area contributed by atoms with Gasteiger partial charge in [-0.05, 0) is 24.2 Å². The van der Waals surface area contributed by atoms with Gasteiger partial charge in [0.2, 0.25) is 5.95 Å². The summed E-state index contributed by atoms with van der Waals surface area (Å²) in [5, 5.41) is 15.1. The van der Waals surface area contributed by atoms with Gasteiger partial charge in [-0.2, -0.15) is 10.4 Å². The number of nitrogens with zero attached hydrogens (tertiary/aromatic N) is 6. The van der Waals surface area contributed by atoms with Crippen LogP contribution in [0.4, 0.5) is 5.95 Å². The molecule has 3 aromatic heterocycles. The Balaban J connectivity index is 2.08. The van der Waals surface area contributed by atoms with Gasteiger partial charge in [-0.3, -0.25) is 4.68 Å². The molecule has 1 unspecified atom stereocenters. The summed E-state index contributed by atoms with van der Waals surface area (Å²) in [5.41, 5.74) is 9.60. The molecule has 0 aromatic carbocycles. The maximum Gasteiger partial charge on any atom is 0.219 e. The lowest BCUT2D eigenvalue weighted by atomic mass is 10.0. The monoisotopic (exact) mass is 443 g/mol. The lowest BCUT2D eigenvalue weighted by molar-refractivity contribution is 0.217. The number of nitriles is 1. The van der Waals surface area contributed by atoms with Crippen molar-refractivity contribution in [3.05, 3.63) is 35.9 Å². The molecule has 3 heterocycles. The number of thioether (sulfide) groups is 1. The molecule has 0 aliphatic heterocycles. The molecule has 9 nitrogen and oxygen atoms in total. The smallest absolute Gasteiger partial charge is 0.219 e. The molecule has 0 aliphatic rings. The molecule has 0 saturated heterocycles. The molecular formula is C19H21N7O2S2. The summed E-state index contributed by atoms with van der Waals surface area (Å²) in [6, 6.07) is 4.08. The van der Waals surface area contributed by atoms with Gasteiger partial charge in [0.25, 0.3) is 0 Å². The van der Waals surface area contributed by atoms with Gasteiger partial charge < -0.3 is 15.0 Å². The van der Waals surface area contributed by atoms with Gasteiger partial charge in [0.05, 0.1) is 23.6 Å². The lowest BCUT2D eigenvalue weighted by Crippen LogP contribution is -2.13. The van der Waals surface area contributed by atoms with Crippen molar-refractivity contribution in [1.82, 2.24) is 24.7 Å². The second-order valence-electron chi connectivity index (χ2n) is 6.38. The summed E-state index contributed by atoms with van der Waals surface area (Å²) in [4.78, 5) is 12.7. The summed E-state index contributed by atoms with van der Waals surface area (Å²) in [7, 11) is 3.40. The fraction of sp³-hybridized carbons (Fsp3) is 0.316. The Morgan fingerprint density at radius 2 is 2.07 bits per heavy atom. The second kappa shape index (κ2) is 9.90. The van der Waals surface area contributed by atoms with Gasteiger partial charge in [0.1, 0.15) is 16.8 Å². The number of ether oxygens (including phenoxy) is 1. The molecule has 2 N–H and O–H groups in total. The van der Waals surface area contributed by atoms with E-state index in [1.54, 1.807) is 24.2 Å². The third-order valence-corrected chi connectivity index (χ3v) is 6.93. The molecule has 0 amide bonds. The van der Waals surface area contributed by atoms with E-state index >= 15 is 0 Å². The molecule has 0 radical (unpaired) electrons. The van der Waals surface area contributed by atoms with Gasteiger partial charge >= 0.3 is 0 Å². The average Bonchev–Trinajstić information content (AvgIpc) is 3.08. The maximum absolute atomic E-state index is 12.2. The van der Waals surface area contributed by atoms with E-state index in [9.17, 15) is 9.81 Å². The molecule has 0 bridgehead atoms. The number of aryl methyl sites for hydroxylation is 2. The van der Waals surface area contributed by atoms with Crippen molar-refractivity contribution in [1.29, 1.82) is 5.26 Å². The third kappa shape index (κ3) is 5.09. The van der Waals surface area contributed by atoms with Crippen molar-refractivity contribution < 1.29 is 9.29 Å². The zero-order chi connectivity index (χ0) is 21.7. The summed E-state index contributed by atoms with van der Waals surface area (Å²) in [5.74, 6) is 0.588. The first-order valence-electron chi connectivity index (χ1n) is 8.93. The molecule has 0 saturated carbocycles. The van der Waals surface area contributed by atoms with Crippen molar-refractivity contribution in [3.8, 4) is 28.5 Å². The second-order valence-corrected chi connectivity index (χ2v) is 9.28. The Hall–Kier alpha value is -2.65. The minimum Gasteiger partial charge on any atom is -0.616 e. The van der Waals surface area contributed by atoms with E-state index in [2.05, 4.69) is 26.1 Å². The van der Waals surface area contributed by atoms with Crippen molar-refractivity contribution in [2.24, 2.45) is 7.05 Å². The fourth-order valence-corrected chi connectivity index (χ4v) is 5.04. The van der Waals surface area contributed by atoms with Crippen LogP contribution in [0.25, 0.3) is 22.4 Å². The van der Waals surface area contributed by atoms with Crippen molar-refractivity contribution in [2.45, 2.75) is 11.9 Å². The lowest BCUT2D eigenvalue weighted by Gasteiger charge is -2.13. The first-order valence-corrected chi connectivity index (χ1v) is 11.4. The number of pyridine rings is 1. The number of nitrogens with two attached hydrogens (primary N) is 1. The topological polar surface area (TPSA) is 139 Å². The number of hydrogen-bond acceptors (Lipinski definition) is 9. The van der Waals surface area contributed by atoms with Crippen LogP contribution in [0, 0.1) is 18.3 Å². The fourth-order valence-electron chi connectivity index (χ4n) is 2.79. The van der Waals surface area contributed by atoms with Crippen LogP contribution in [0.2, 0.25) is 0 Å². The van der Waals surface area contributed by atoms with Gasteiger partial charge in [-0.1, -0.05) is 11.8 Å². The first-order chi connectivity index (χ1) is 14.4. The molecule has 30 heavy (non-hydrogen) atoms. The Morgan fingerprint density at radius 3 is 2.67 bits per heavy atom. The highest BCUT2D eigenvalue weighted by Gasteiger charge is 2.20. The van der Waals surface area contributed by atoms with Crippen molar-refractivity contribution >= 4 is 28.9 Å². The van der Waals surface area contributed by atoms with E-state index in [-0.39, 0.29) is 5.95 Å². The number of methoxy groups -OCH3 is 1. The van der Waals surface area contributed by atoms with E-state index in [4.69, 9.17) is 10.5 Å². The van der Waals surface area contributed by atoms with Gasteiger partial charge in [0, 0.05) is 49.4 Å². The Bertz CT molecular complexity index is 1060. The standard InChI is InChI=1S/C19H21N7O2S2/c1-12-16(10-26(2)25-12)14-6-17(13-8-22-19(21)23-9-13)24-18(15(14)7-20)29-11-30(27)5-4-28-3/h6,8-10H,4-5,11H2,1-3H3,(H2,21,22,23). The SMILES string of the molecule is COCC[S+]([O-])CSc1nc(-c2cnc(N)nc2)cc(-c2cn(C)nc2C)c1C#N. The number of hydrogen-bond donors (Lipinski definition) is 1. The molecule has 1 atom stereocenters. The van der Waals surface area contributed by atoms with Crippen LogP contribution in [-0.2, 0) is 23.0 Å². The first kappa shape index (κ1) is 22.0. The number of rotatable bonds is 8. The van der Waals surface area contributed by atoms with Crippen LogP contribution < -0.4 is 5.73 Å². The summed E-state index contributed by atoms with van der Waals surface area (Å²) >= 11 is 0.176. The summed E-state index contributed by atoms with van der Waals surface area (Å²) < 4.78 is 18.9. The molecule has 3 aromatic rings. The minimum absolute atomic E-state index is 0.166. The van der Waals surface area contributed by atoms with Gasteiger partial charge in [-0.25, -0.2) is 15.0 Å². The van der Waals surface area contributed by atoms with E-state index in [1.807, 2.05) is 26.2 Å². The zero-order valence-corrected chi connectivity index (χ0v) is 18.5. The molecule has 156 valence electrons. The summed E-state index contributed by atoms with van der Waals surface area (Å²) in [6.45, 7) is 2.30. The van der Waals surface area contributed by atoms with E-state index < -0.39 is 11.2 Å². The Morgan fingerprint density at radius 1 is 1.33 bits per heavy atom. The molecule has 0 aliphatic carbocycles. The van der Waals surface area contributed by atoms with E-state index in [0.29, 0.717) is 44.9 Å². The van der Waals surface area contributed by atoms with Crippen molar-refractivity contribution in [2.75, 3.05) is 30.3 Å². The van der Waals surface area contributed by atoms with Crippen LogP contribution in [-0.4, -0.2) is 53.8 Å². The quantitative estimate of drug-likeness (QED) is 0.410. The number of aromatic nitrogens is 5. The van der Waals surface area contributed by atoms with E-state index in [1.165, 1.54) is 11.8 Å². The van der Waals surface area contributed by atoms with Crippen LogP contribution in [0.1, 0.15) is 11.3 Å². The molecule has 0 fully saturated rings. The number of nitrogen functional groups attached to an aromatic ring is 1. The van der Waals surface area contributed by atoms with Gasteiger partial charge in [-0.15, -0.1) is 0 Å². The summed E-state index contributed by atoms with van der Waals surface area (Å²) in [6.07, 6.45) is 5.03. The predicted molar refractivity (Wildman–Crippen MR) is 117 cm³/mol. The molecule has 3 rings (SSSR count). The Labute approximate surface area is 181 Å². The van der Waals surface area contributed by atoms with Crippen LogP contribution >= 0.6 is 11.8 Å². The normalized spacial score (nSPS) is 12.0. The maximum atomic E-state index is 12.2. The third-order valence-electron chi connectivity index (χ3n) is 4.21.